The molecule has 0 aliphatic carbocycles. The summed E-state index contributed by atoms with van der Waals surface area (Å²) in [6.45, 7) is 6.26. The number of nitrogens with zero attached hydrogens (tertiary/aromatic N) is 3. The molecule has 0 fully saturated rings. The highest BCUT2D eigenvalue weighted by Gasteiger charge is 2.48. The van der Waals surface area contributed by atoms with E-state index in [2.05, 4.69) is 30.8 Å². The van der Waals surface area contributed by atoms with Gasteiger partial charge in [0.1, 0.15) is 11.9 Å². The number of hydrogen-bond donors (Lipinski definition) is 1. The summed E-state index contributed by atoms with van der Waals surface area (Å²) in [6, 6.07) is 7.69. The van der Waals surface area contributed by atoms with E-state index < -0.39 is 11.9 Å². The molecule has 0 bridgehead atoms. The van der Waals surface area contributed by atoms with E-state index in [-0.39, 0.29) is 17.6 Å². The summed E-state index contributed by atoms with van der Waals surface area (Å²) in [5, 5.41) is 16.3. The third kappa shape index (κ3) is 2.97. The summed E-state index contributed by atoms with van der Waals surface area (Å²) in [5.74, 6) is -0.828. The molecule has 1 N–H and O–H groups in total. The Kier molecular flexibility index (Phi) is 4.22. The van der Waals surface area contributed by atoms with Crippen molar-refractivity contribution in [2.75, 3.05) is 14.2 Å². The topological polar surface area (TPSA) is 65.4 Å². The zero-order chi connectivity index (χ0) is 18.4. The van der Waals surface area contributed by atoms with Gasteiger partial charge in [-0.3, -0.25) is 9.80 Å². The van der Waals surface area contributed by atoms with Crippen molar-refractivity contribution in [1.29, 1.82) is 0 Å². The number of benzene rings is 1. The molecular weight excluding hydrogens is 318 g/mol. The van der Waals surface area contributed by atoms with Crippen LogP contribution in [0.1, 0.15) is 26.3 Å². The summed E-state index contributed by atoms with van der Waals surface area (Å²) >= 11 is 0. The van der Waals surface area contributed by atoms with Gasteiger partial charge < -0.3 is 14.7 Å². The molecule has 1 aromatic rings. The van der Waals surface area contributed by atoms with E-state index in [4.69, 9.17) is 4.74 Å². The van der Waals surface area contributed by atoms with Crippen LogP contribution in [0.25, 0.3) is 5.70 Å². The number of aliphatic carboxylic acids is 1. The zero-order valence-electron chi connectivity index (χ0n) is 15.3. The van der Waals surface area contributed by atoms with Gasteiger partial charge in [0.15, 0.2) is 0 Å². The first-order chi connectivity index (χ1) is 11.7. The first kappa shape index (κ1) is 17.3. The van der Waals surface area contributed by atoms with Crippen molar-refractivity contribution < 1.29 is 14.6 Å². The predicted octanol–water partition coefficient (Wildman–Crippen LogP) is 2.72. The van der Waals surface area contributed by atoms with Crippen molar-refractivity contribution in [2.24, 2.45) is 16.9 Å². The maximum Gasteiger partial charge on any atom is 0.311 e. The second-order valence-corrected chi connectivity index (χ2v) is 7.53. The molecule has 3 atom stereocenters. The molecular formula is C19H25N3O3. The first-order valence-corrected chi connectivity index (χ1v) is 8.39. The fraction of sp³-hybridized carbons (Fsp3) is 0.474. The van der Waals surface area contributed by atoms with Gasteiger partial charge in [0.25, 0.3) is 0 Å². The third-order valence-electron chi connectivity index (χ3n) is 4.85. The molecule has 0 amide bonds. The number of carbonyl (C=O) groups is 1. The molecule has 0 saturated carbocycles. The Hall–Kier alpha value is -2.50. The van der Waals surface area contributed by atoms with Crippen molar-refractivity contribution in [3.8, 4) is 5.75 Å². The SMILES string of the molecule is COc1ccc(C2=CC(C(=O)O)C3C=NN(C(C)(C)C)C3N2C)cc1. The largest absolute Gasteiger partial charge is 0.497 e. The van der Waals surface area contributed by atoms with E-state index in [1.165, 1.54) is 0 Å². The van der Waals surface area contributed by atoms with E-state index in [1.807, 2.05) is 42.4 Å². The highest BCUT2D eigenvalue weighted by molar-refractivity contribution is 5.84. The molecule has 0 aromatic heterocycles. The van der Waals surface area contributed by atoms with Crippen LogP contribution in [0.2, 0.25) is 0 Å². The van der Waals surface area contributed by atoms with Crippen LogP contribution in [0.4, 0.5) is 0 Å². The summed E-state index contributed by atoms with van der Waals surface area (Å²) in [5.41, 5.74) is 1.67. The molecule has 6 nitrogen and oxygen atoms in total. The molecule has 0 saturated heterocycles. The van der Waals surface area contributed by atoms with Gasteiger partial charge >= 0.3 is 5.97 Å². The van der Waals surface area contributed by atoms with Crippen molar-refractivity contribution >= 4 is 17.9 Å². The van der Waals surface area contributed by atoms with Crippen LogP contribution in [0.3, 0.4) is 0 Å². The van der Waals surface area contributed by atoms with Gasteiger partial charge in [0, 0.05) is 19.0 Å². The monoisotopic (exact) mass is 343 g/mol. The number of carboxylic acid groups (broad SMARTS) is 1. The summed E-state index contributed by atoms with van der Waals surface area (Å²) < 4.78 is 5.22. The maximum atomic E-state index is 11.9. The summed E-state index contributed by atoms with van der Waals surface area (Å²) in [6.07, 6.45) is 3.50. The summed E-state index contributed by atoms with van der Waals surface area (Å²) in [4.78, 5) is 14.0. The van der Waals surface area contributed by atoms with E-state index in [1.54, 1.807) is 13.3 Å². The maximum absolute atomic E-state index is 11.9. The molecule has 134 valence electrons. The molecule has 3 unspecified atom stereocenters. The molecule has 0 radical (unpaired) electrons. The minimum Gasteiger partial charge on any atom is -0.497 e. The lowest BCUT2D eigenvalue weighted by atomic mass is 9.84. The number of fused-ring (bicyclic) bond motifs is 1. The van der Waals surface area contributed by atoms with E-state index in [0.717, 1.165) is 17.0 Å². The van der Waals surface area contributed by atoms with Crippen molar-refractivity contribution in [1.82, 2.24) is 9.91 Å². The molecule has 6 heteroatoms. The van der Waals surface area contributed by atoms with Gasteiger partial charge in [0.05, 0.1) is 24.5 Å². The minimum absolute atomic E-state index is 0.122. The minimum atomic E-state index is -0.823. The number of ether oxygens (including phenoxy) is 1. The molecule has 2 aliphatic heterocycles. The van der Waals surface area contributed by atoms with Crippen LogP contribution in [-0.4, -0.2) is 53.1 Å². The average molecular weight is 343 g/mol. The first-order valence-electron chi connectivity index (χ1n) is 8.39. The molecule has 2 aliphatic rings. The molecule has 2 heterocycles. The van der Waals surface area contributed by atoms with Crippen molar-refractivity contribution in [3.05, 3.63) is 35.9 Å². The number of carboxylic acids is 1. The highest BCUT2D eigenvalue weighted by atomic mass is 16.5. The number of rotatable bonds is 3. The second kappa shape index (κ2) is 6.10. The Labute approximate surface area is 148 Å². The lowest BCUT2D eigenvalue weighted by molar-refractivity contribution is -0.142. The van der Waals surface area contributed by atoms with Crippen LogP contribution >= 0.6 is 0 Å². The average Bonchev–Trinajstić information content (AvgIpc) is 3.01. The van der Waals surface area contributed by atoms with Crippen LogP contribution in [0.15, 0.2) is 35.4 Å². The lowest BCUT2D eigenvalue weighted by Gasteiger charge is -2.46. The van der Waals surface area contributed by atoms with E-state index in [0.29, 0.717) is 0 Å². The lowest BCUT2D eigenvalue weighted by Crippen LogP contribution is -2.55. The van der Waals surface area contributed by atoms with Crippen molar-refractivity contribution in [2.45, 2.75) is 32.5 Å². The molecule has 25 heavy (non-hydrogen) atoms. The van der Waals surface area contributed by atoms with Gasteiger partial charge in [-0.05, 0) is 56.7 Å². The fourth-order valence-electron chi connectivity index (χ4n) is 3.57. The van der Waals surface area contributed by atoms with Gasteiger partial charge in [-0.15, -0.1) is 0 Å². The Bertz CT molecular complexity index is 718. The molecule has 3 rings (SSSR count). The fourth-order valence-corrected chi connectivity index (χ4v) is 3.57. The van der Waals surface area contributed by atoms with Gasteiger partial charge in [-0.1, -0.05) is 0 Å². The number of hydrogen-bond acceptors (Lipinski definition) is 5. The van der Waals surface area contributed by atoms with Crippen LogP contribution in [0.5, 0.6) is 5.75 Å². The predicted molar refractivity (Wildman–Crippen MR) is 97.2 cm³/mol. The van der Waals surface area contributed by atoms with Crippen LogP contribution < -0.4 is 4.74 Å². The quantitative estimate of drug-likeness (QED) is 0.914. The van der Waals surface area contributed by atoms with Crippen LogP contribution in [0, 0.1) is 11.8 Å². The smallest absolute Gasteiger partial charge is 0.311 e. The number of methoxy groups -OCH3 is 1. The standard InChI is InChI=1S/C19H25N3O3/c1-19(2,3)22-17-15(11-20-22)14(18(23)24)10-16(21(17)4)12-6-8-13(25-5)9-7-12/h6-11,14-15,17H,1-5H3,(H,23,24). The van der Waals surface area contributed by atoms with Crippen LogP contribution in [-0.2, 0) is 4.79 Å². The molecule has 0 spiro atoms. The Morgan fingerprint density at radius 1 is 1.24 bits per heavy atom. The van der Waals surface area contributed by atoms with E-state index >= 15 is 0 Å². The zero-order valence-corrected chi connectivity index (χ0v) is 15.3. The Morgan fingerprint density at radius 3 is 2.40 bits per heavy atom. The summed E-state index contributed by atoms with van der Waals surface area (Å²) in [7, 11) is 3.63. The Balaban J connectivity index is 2.03. The van der Waals surface area contributed by atoms with Gasteiger partial charge in [0.2, 0.25) is 0 Å². The van der Waals surface area contributed by atoms with E-state index in [9.17, 15) is 9.90 Å². The van der Waals surface area contributed by atoms with Crippen molar-refractivity contribution in [3.63, 3.8) is 0 Å². The molecule has 1 aromatic carbocycles. The third-order valence-corrected chi connectivity index (χ3v) is 4.85. The second-order valence-electron chi connectivity index (χ2n) is 7.53. The van der Waals surface area contributed by atoms with Gasteiger partial charge in [-0.25, -0.2) is 0 Å². The highest BCUT2D eigenvalue weighted by Crippen LogP contribution is 2.41. The van der Waals surface area contributed by atoms with Gasteiger partial charge in [-0.2, -0.15) is 5.10 Å². The number of hydrazone groups is 1. The Morgan fingerprint density at radius 2 is 1.88 bits per heavy atom. The normalized spacial score (nSPS) is 25.6.